The highest BCUT2D eigenvalue weighted by atomic mass is 14.2. The summed E-state index contributed by atoms with van der Waals surface area (Å²) in [6, 6.07) is 22.7. The highest BCUT2D eigenvalue weighted by Crippen LogP contribution is 2.37. The number of allylic oxidation sites excluding steroid dienone is 2. The molecule has 0 bridgehead atoms. The van der Waals surface area contributed by atoms with Gasteiger partial charge in [0.25, 0.3) is 0 Å². The van der Waals surface area contributed by atoms with Gasteiger partial charge in [0.1, 0.15) is 0 Å². The van der Waals surface area contributed by atoms with Gasteiger partial charge >= 0.3 is 0 Å². The topological polar surface area (TPSA) is 0 Å². The molecule has 6 rings (SSSR count). The minimum absolute atomic E-state index is 1.10. The first kappa shape index (κ1) is 26.0. The van der Waals surface area contributed by atoms with E-state index in [-0.39, 0.29) is 0 Å². The van der Waals surface area contributed by atoms with Crippen LogP contribution in [0.3, 0.4) is 0 Å². The van der Waals surface area contributed by atoms with Crippen molar-refractivity contribution >= 4 is 12.2 Å². The predicted octanol–water partition coefficient (Wildman–Crippen LogP) is 10.5. The third-order valence-electron chi connectivity index (χ3n) is 8.39. The zero-order chi connectivity index (χ0) is 27.1. The maximum absolute atomic E-state index is 2.35. The maximum Gasteiger partial charge on any atom is -0.00544 e. The van der Waals surface area contributed by atoms with E-state index in [4.69, 9.17) is 0 Å². The predicted molar refractivity (Wildman–Crippen MR) is 167 cm³/mol. The Bertz CT molecular complexity index is 1620. The van der Waals surface area contributed by atoms with Gasteiger partial charge in [0.2, 0.25) is 0 Å². The Morgan fingerprint density at radius 1 is 0.447 bits per heavy atom. The van der Waals surface area contributed by atoms with Crippen molar-refractivity contribution in [1.82, 2.24) is 0 Å². The first-order valence-corrected chi connectivity index (χ1v) is 13.9. The molecular weight excluding hydrogens is 456 g/mol. The van der Waals surface area contributed by atoms with Crippen molar-refractivity contribution in [2.45, 2.75) is 68.2 Å². The minimum atomic E-state index is 1.10. The SMILES string of the molecule is CC1=Cc2c(cccc2-c2cc(C)c(C)cc2C)C1.CC1=Cc2cccc(-c3cc(C)c(C)cc3C)c2C1. The highest BCUT2D eigenvalue weighted by Gasteiger charge is 2.17. The van der Waals surface area contributed by atoms with Crippen LogP contribution in [-0.2, 0) is 12.8 Å². The molecule has 38 heavy (non-hydrogen) atoms. The standard InChI is InChI=1S/2C19H20/c2*1-12-8-16-6-5-7-17(19(16)9-12)18-11-14(3)13(2)10-15(18)4/h5-7,9-11H,8H2,1-4H3;5-8,10-11H,9H2,1-4H3. The number of fused-ring (bicyclic) bond motifs is 2. The van der Waals surface area contributed by atoms with Gasteiger partial charge in [-0.2, -0.15) is 0 Å². The second-order valence-corrected chi connectivity index (χ2v) is 11.6. The first-order chi connectivity index (χ1) is 18.1. The molecule has 0 amide bonds. The first-order valence-electron chi connectivity index (χ1n) is 13.9. The van der Waals surface area contributed by atoms with E-state index in [1.54, 1.807) is 0 Å². The molecule has 0 heteroatoms. The monoisotopic (exact) mass is 496 g/mol. The highest BCUT2D eigenvalue weighted by molar-refractivity contribution is 5.82. The van der Waals surface area contributed by atoms with Crippen LogP contribution in [0, 0.1) is 41.5 Å². The summed E-state index contributed by atoms with van der Waals surface area (Å²) >= 11 is 0. The van der Waals surface area contributed by atoms with Crippen LogP contribution >= 0.6 is 0 Å². The molecule has 192 valence electrons. The minimum Gasteiger partial charge on any atom is -0.0683 e. The molecule has 0 fully saturated rings. The van der Waals surface area contributed by atoms with E-state index in [9.17, 15) is 0 Å². The van der Waals surface area contributed by atoms with E-state index in [1.807, 2.05) is 0 Å². The Balaban J connectivity index is 0.000000155. The van der Waals surface area contributed by atoms with Crippen molar-refractivity contribution in [3.05, 3.63) is 127 Å². The molecule has 2 aliphatic carbocycles. The maximum atomic E-state index is 2.35. The van der Waals surface area contributed by atoms with E-state index in [1.165, 1.54) is 89.0 Å². The molecule has 0 aliphatic heterocycles. The van der Waals surface area contributed by atoms with Crippen LogP contribution in [0.2, 0.25) is 0 Å². The fraction of sp³-hybridized carbons (Fsp3) is 0.263. The number of hydrogen-bond donors (Lipinski definition) is 0. The van der Waals surface area contributed by atoms with Crippen LogP contribution in [0.4, 0.5) is 0 Å². The Kier molecular flexibility index (Phi) is 7.01. The summed E-state index contributed by atoms with van der Waals surface area (Å²) in [5, 5.41) is 0. The average Bonchev–Trinajstić information content (AvgIpc) is 3.44. The van der Waals surface area contributed by atoms with Crippen molar-refractivity contribution in [1.29, 1.82) is 0 Å². The smallest absolute Gasteiger partial charge is 0.00544 e. The van der Waals surface area contributed by atoms with Crippen LogP contribution in [0.5, 0.6) is 0 Å². The van der Waals surface area contributed by atoms with E-state index in [2.05, 4.69) is 128 Å². The molecule has 0 nitrogen and oxygen atoms in total. The summed E-state index contributed by atoms with van der Waals surface area (Å²) in [4.78, 5) is 0. The molecule has 4 aromatic rings. The van der Waals surface area contributed by atoms with Gasteiger partial charge in [-0.05, 0) is 146 Å². The van der Waals surface area contributed by atoms with Crippen LogP contribution in [0.15, 0.2) is 71.8 Å². The lowest BCUT2D eigenvalue weighted by Crippen LogP contribution is -1.94. The van der Waals surface area contributed by atoms with Gasteiger partial charge in [-0.1, -0.05) is 84.0 Å². The molecule has 0 aromatic heterocycles. The Morgan fingerprint density at radius 2 is 0.974 bits per heavy atom. The van der Waals surface area contributed by atoms with Crippen LogP contribution < -0.4 is 0 Å². The number of rotatable bonds is 2. The zero-order valence-corrected chi connectivity index (χ0v) is 24.3. The Morgan fingerprint density at radius 3 is 1.63 bits per heavy atom. The van der Waals surface area contributed by atoms with Gasteiger partial charge in [-0.15, -0.1) is 0 Å². The molecule has 2 aliphatic rings. The van der Waals surface area contributed by atoms with E-state index < -0.39 is 0 Å². The Labute approximate surface area is 229 Å². The molecule has 0 heterocycles. The fourth-order valence-corrected chi connectivity index (χ4v) is 6.06. The number of benzene rings is 4. The van der Waals surface area contributed by atoms with Gasteiger partial charge in [0.05, 0.1) is 0 Å². The van der Waals surface area contributed by atoms with Gasteiger partial charge in [-0.3, -0.25) is 0 Å². The van der Waals surface area contributed by atoms with Crippen LogP contribution in [0.25, 0.3) is 34.4 Å². The van der Waals surface area contributed by atoms with Gasteiger partial charge in [-0.25, -0.2) is 0 Å². The molecular formula is C38H40. The van der Waals surface area contributed by atoms with Crippen molar-refractivity contribution in [2.75, 3.05) is 0 Å². The quantitative estimate of drug-likeness (QED) is 0.259. The lowest BCUT2D eigenvalue weighted by Gasteiger charge is -2.14. The third kappa shape index (κ3) is 4.93. The van der Waals surface area contributed by atoms with Crippen LogP contribution in [0.1, 0.15) is 69.5 Å². The van der Waals surface area contributed by atoms with E-state index in [0.717, 1.165) is 12.8 Å². The number of hydrogen-bond acceptors (Lipinski definition) is 0. The van der Waals surface area contributed by atoms with E-state index >= 15 is 0 Å². The second kappa shape index (κ2) is 10.3. The lowest BCUT2D eigenvalue weighted by molar-refractivity contribution is 1.19. The van der Waals surface area contributed by atoms with Gasteiger partial charge in [0, 0.05) is 0 Å². The van der Waals surface area contributed by atoms with Gasteiger partial charge in [0.15, 0.2) is 0 Å². The normalized spacial score (nSPS) is 13.4. The average molecular weight is 497 g/mol. The summed E-state index contributed by atoms with van der Waals surface area (Å²) in [5.41, 5.74) is 22.5. The molecule has 0 spiro atoms. The van der Waals surface area contributed by atoms with Crippen LogP contribution in [-0.4, -0.2) is 0 Å². The molecule has 0 atom stereocenters. The largest absolute Gasteiger partial charge is 0.0683 e. The number of aryl methyl sites for hydroxylation is 6. The molecule has 4 aromatic carbocycles. The summed E-state index contributed by atoms with van der Waals surface area (Å²) < 4.78 is 0. The zero-order valence-electron chi connectivity index (χ0n) is 24.3. The Hall–Kier alpha value is -3.64. The summed E-state index contributed by atoms with van der Waals surface area (Å²) in [5.74, 6) is 0. The molecule has 0 unspecified atom stereocenters. The van der Waals surface area contributed by atoms with Crippen molar-refractivity contribution in [2.24, 2.45) is 0 Å². The fourth-order valence-electron chi connectivity index (χ4n) is 6.06. The summed E-state index contributed by atoms with van der Waals surface area (Å²) in [7, 11) is 0. The summed E-state index contributed by atoms with van der Waals surface area (Å²) in [6.45, 7) is 17.6. The van der Waals surface area contributed by atoms with Crippen molar-refractivity contribution in [3.63, 3.8) is 0 Å². The molecule has 0 radical (unpaired) electrons. The van der Waals surface area contributed by atoms with Crippen molar-refractivity contribution in [3.8, 4) is 22.3 Å². The van der Waals surface area contributed by atoms with Crippen molar-refractivity contribution < 1.29 is 0 Å². The second-order valence-electron chi connectivity index (χ2n) is 11.6. The molecule has 0 saturated heterocycles. The summed E-state index contributed by atoms with van der Waals surface area (Å²) in [6.07, 6.45) is 6.86. The molecule has 0 N–H and O–H groups in total. The third-order valence-corrected chi connectivity index (χ3v) is 8.39. The van der Waals surface area contributed by atoms with E-state index in [0.29, 0.717) is 0 Å². The lowest BCUT2D eigenvalue weighted by atomic mass is 9.91. The molecule has 0 saturated carbocycles. The van der Waals surface area contributed by atoms with Gasteiger partial charge < -0.3 is 0 Å².